The molecule has 1 rings (SSSR count). The van der Waals surface area contributed by atoms with Gasteiger partial charge in [0.05, 0.1) is 18.1 Å². The SMILES string of the molecule is CSCc1ccc(CNC(C)CS(C)(=O)=O)o1. The van der Waals surface area contributed by atoms with Crippen LogP contribution in [0.15, 0.2) is 16.5 Å². The minimum Gasteiger partial charge on any atom is -0.464 e. The van der Waals surface area contributed by atoms with Crippen LogP contribution in [0.2, 0.25) is 0 Å². The summed E-state index contributed by atoms with van der Waals surface area (Å²) in [5, 5.41) is 3.13. The summed E-state index contributed by atoms with van der Waals surface area (Å²) in [7, 11) is -2.93. The normalized spacial score (nSPS) is 13.8. The van der Waals surface area contributed by atoms with E-state index in [9.17, 15) is 8.42 Å². The minimum absolute atomic E-state index is 0.0703. The van der Waals surface area contributed by atoms with E-state index in [0.717, 1.165) is 17.3 Å². The number of sulfone groups is 1. The molecule has 0 radical (unpaired) electrons. The van der Waals surface area contributed by atoms with Crippen LogP contribution in [0.3, 0.4) is 0 Å². The molecule has 1 heterocycles. The summed E-state index contributed by atoms with van der Waals surface area (Å²) in [4.78, 5) is 0. The lowest BCUT2D eigenvalue weighted by Crippen LogP contribution is -2.32. The van der Waals surface area contributed by atoms with Crippen molar-refractivity contribution in [3.05, 3.63) is 23.7 Å². The fraction of sp³-hybridized carbons (Fsp3) is 0.636. The predicted octanol–water partition coefficient (Wildman–Crippen LogP) is 1.67. The van der Waals surface area contributed by atoms with Crippen LogP contribution in [0.25, 0.3) is 0 Å². The topological polar surface area (TPSA) is 59.3 Å². The average molecular weight is 277 g/mol. The second-order valence-electron chi connectivity index (χ2n) is 4.18. The summed E-state index contributed by atoms with van der Waals surface area (Å²) in [6.45, 7) is 2.41. The summed E-state index contributed by atoms with van der Waals surface area (Å²) in [5.74, 6) is 2.80. The van der Waals surface area contributed by atoms with Gasteiger partial charge in [-0.2, -0.15) is 11.8 Å². The second-order valence-corrected chi connectivity index (χ2v) is 7.23. The van der Waals surface area contributed by atoms with Crippen LogP contribution in [0, 0.1) is 0 Å². The lowest BCUT2D eigenvalue weighted by molar-refractivity contribution is 0.445. The van der Waals surface area contributed by atoms with Crippen LogP contribution in [0.1, 0.15) is 18.4 Å². The van der Waals surface area contributed by atoms with Gasteiger partial charge in [-0.3, -0.25) is 0 Å². The van der Waals surface area contributed by atoms with Gasteiger partial charge in [-0.15, -0.1) is 0 Å². The van der Waals surface area contributed by atoms with Gasteiger partial charge < -0.3 is 9.73 Å². The van der Waals surface area contributed by atoms with E-state index in [1.165, 1.54) is 6.26 Å². The van der Waals surface area contributed by atoms with Crippen molar-refractivity contribution in [1.29, 1.82) is 0 Å². The van der Waals surface area contributed by atoms with E-state index in [-0.39, 0.29) is 11.8 Å². The average Bonchev–Trinajstić information content (AvgIpc) is 2.61. The number of thioether (sulfide) groups is 1. The Labute approximate surface area is 107 Å². The maximum atomic E-state index is 11.1. The largest absolute Gasteiger partial charge is 0.464 e. The fourth-order valence-corrected chi connectivity index (χ4v) is 2.99. The van der Waals surface area contributed by atoms with Crippen molar-refractivity contribution in [3.8, 4) is 0 Å². The Bertz CT molecular complexity index is 439. The van der Waals surface area contributed by atoms with Gasteiger partial charge in [0.25, 0.3) is 0 Å². The molecule has 1 aromatic heterocycles. The number of hydrogen-bond donors (Lipinski definition) is 1. The monoisotopic (exact) mass is 277 g/mol. The first-order valence-corrected chi connectivity index (χ1v) is 8.84. The van der Waals surface area contributed by atoms with Gasteiger partial charge in [-0.1, -0.05) is 0 Å². The maximum Gasteiger partial charge on any atom is 0.148 e. The van der Waals surface area contributed by atoms with E-state index in [0.29, 0.717) is 6.54 Å². The first kappa shape index (κ1) is 14.6. The van der Waals surface area contributed by atoms with E-state index in [4.69, 9.17) is 4.42 Å². The van der Waals surface area contributed by atoms with Crippen LogP contribution < -0.4 is 5.32 Å². The van der Waals surface area contributed by atoms with Crippen LogP contribution in [-0.2, 0) is 22.1 Å². The highest BCUT2D eigenvalue weighted by molar-refractivity contribution is 7.97. The Morgan fingerprint density at radius 1 is 1.41 bits per heavy atom. The first-order chi connectivity index (χ1) is 7.90. The molecule has 0 aliphatic heterocycles. The molecule has 0 saturated heterocycles. The summed E-state index contributed by atoms with van der Waals surface area (Å²) >= 11 is 1.71. The number of hydrogen-bond acceptors (Lipinski definition) is 5. The molecule has 0 aromatic carbocycles. The molecule has 0 amide bonds. The molecule has 0 bridgehead atoms. The molecule has 0 saturated carbocycles. The number of furan rings is 1. The van der Waals surface area contributed by atoms with E-state index < -0.39 is 9.84 Å². The number of rotatable bonds is 7. The van der Waals surface area contributed by atoms with E-state index in [2.05, 4.69) is 5.32 Å². The zero-order chi connectivity index (χ0) is 12.9. The quantitative estimate of drug-likeness (QED) is 0.821. The first-order valence-electron chi connectivity index (χ1n) is 5.38. The molecular formula is C11H19NO3S2. The third-order valence-corrected chi connectivity index (χ3v) is 3.86. The molecular weight excluding hydrogens is 258 g/mol. The highest BCUT2D eigenvalue weighted by Crippen LogP contribution is 2.13. The van der Waals surface area contributed by atoms with Gasteiger partial charge in [-0.25, -0.2) is 8.42 Å². The molecule has 17 heavy (non-hydrogen) atoms. The zero-order valence-electron chi connectivity index (χ0n) is 10.4. The molecule has 1 unspecified atom stereocenters. The Balaban J connectivity index is 2.39. The lowest BCUT2D eigenvalue weighted by Gasteiger charge is -2.11. The molecule has 0 spiro atoms. The summed E-state index contributed by atoms with van der Waals surface area (Å²) in [5.41, 5.74) is 0. The molecule has 6 heteroatoms. The highest BCUT2D eigenvalue weighted by Gasteiger charge is 2.10. The van der Waals surface area contributed by atoms with Gasteiger partial charge in [-0.05, 0) is 25.3 Å². The molecule has 0 fully saturated rings. The van der Waals surface area contributed by atoms with Crippen molar-refractivity contribution in [2.24, 2.45) is 0 Å². The van der Waals surface area contributed by atoms with Crippen molar-refractivity contribution in [1.82, 2.24) is 5.32 Å². The van der Waals surface area contributed by atoms with E-state index in [1.807, 2.05) is 25.3 Å². The van der Waals surface area contributed by atoms with Gasteiger partial charge in [0.1, 0.15) is 21.4 Å². The van der Waals surface area contributed by atoms with Gasteiger partial charge in [0.15, 0.2) is 0 Å². The smallest absolute Gasteiger partial charge is 0.148 e. The maximum absolute atomic E-state index is 11.1. The van der Waals surface area contributed by atoms with Crippen molar-refractivity contribution in [3.63, 3.8) is 0 Å². The standard InChI is InChI=1S/C11H19NO3S2/c1-9(8-17(3,13)14)12-6-10-4-5-11(15-10)7-16-2/h4-5,9,12H,6-8H2,1-3H3. The lowest BCUT2D eigenvalue weighted by atomic mass is 10.3. The third-order valence-electron chi connectivity index (χ3n) is 2.18. The molecule has 1 aromatic rings. The molecule has 0 aliphatic carbocycles. The molecule has 98 valence electrons. The predicted molar refractivity (Wildman–Crippen MR) is 71.9 cm³/mol. The van der Waals surface area contributed by atoms with Gasteiger partial charge >= 0.3 is 0 Å². The second kappa shape index (κ2) is 6.47. The van der Waals surface area contributed by atoms with Crippen molar-refractivity contribution in [2.45, 2.75) is 25.3 Å². The Hall–Kier alpha value is -0.460. The molecule has 1 N–H and O–H groups in total. The zero-order valence-corrected chi connectivity index (χ0v) is 12.0. The van der Waals surface area contributed by atoms with Gasteiger partial charge in [0, 0.05) is 12.3 Å². The number of nitrogens with one attached hydrogen (secondary N) is 1. The summed E-state index contributed by atoms with van der Waals surface area (Å²) in [6, 6.07) is 3.81. The summed E-state index contributed by atoms with van der Waals surface area (Å²) < 4.78 is 27.7. The fourth-order valence-electron chi connectivity index (χ4n) is 1.53. The Kier molecular flexibility index (Phi) is 5.55. The van der Waals surface area contributed by atoms with Crippen molar-refractivity contribution in [2.75, 3.05) is 18.3 Å². The van der Waals surface area contributed by atoms with E-state index in [1.54, 1.807) is 11.8 Å². The van der Waals surface area contributed by atoms with E-state index >= 15 is 0 Å². The van der Waals surface area contributed by atoms with Crippen LogP contribution in [0.5, 0.6) is 0 Å². The van der Waals surface area contributed by atoms with Crippen molar-refractivity contribution < 1.29 is 12.8 Å². The van der Waals surface area contributed by atoms with Crippen LogP contribution >= 0.6 is 11.8 Å². The molecule has 1 atom stereocenters. The molecule has 0 aliphatic rings. The third kappa shape index (κ3) is 6.14. The molecule has 4 nitrogen and oxygen atoms in total. The Morgan fingerprint density at radius 3 is 2.65 bits per heavy atom. The van der Waals surface area contributed by atoms with Gasteiger partial charge in [0.2, 0.25) is 0 Å². The van der Waals surface area contributed by atoms with Crippen LogP contribution in [0.4, 0.5) is 0 Å². The Morgan fingerprint density at radius 2 is 2.06 bits per heavy atom. The minimum atomic E-state index is -2.93. The summed E-state index contributed by atoms with van der Waals surface area (Å²) in [6.07, 6.45) is 3.27. The van der Waals surface area contributed by atoms with Crippen LogP contribution in [-0.4, -0.2) is 32.7 Å². The van der Waals surface area contributed by atoms with Crippen molar-refractivity contribution >= 4 is 21.6 Å². The highest BCUT2D eigenvalue weighted by atomic mass is 32.2.